The zero-order valence-electron chi connectivity index (χ0n) is 11.8. The van der Waals surface area contributed by atoms with Gasteiger partial charge in [0.15, 0.2) is 0 Å². The molecular formula is C14H21N3O3. The van der Waals surface area contributed by atoms with Gasteiger partial charge in [-0.05, 0) is 32.1 Å². The summed E-state index contributed by atoms with van der Waals surface area (Å²) in [4.78, 5) is 22.3. The number of hydrogen-bond acceptors (Lipinski definition) is 3. The highest BCUT2D eigenvalue weighted by Gasteiger charge is 2.24. The number of nitrogens with one attached hydrogen (secondary N) is 1. The molecule has 2 rings (SSSR count). The van der Waals surface area contributed by atoms with Crippen LogP contribution in [0.2, 0.25) is 0 Å². The Bertz CT molecular complexity index is 496. The normalized spacial score (nSPS) is 17.6. The molecule has 1 heterocycles. The molecule has 0 saturated carbocycles. The van der Waals surface area contributed by atoms with Crippen molar-refractivity contribution >= 4 is 11.9 Å². The highest BCUT2D eigenvalue weighted by molar-refractivity contribution is 5.76. The smallest absolute Gasteiger partial charge is 0.303 e. The Hall–Kier alpha value is -1.85. The molecule has 0 spiro atoms. The van der Waals surface area contributed by atoms with Crippen LogP contribution in [0.5, 0.6) is 0 Å². The summed E-state index contributed by atoms with van der Waals surface area (Å²) in [6.45, 7) is 0. The second kappa shape index (κ2) is 6.54. The number of rotatable bonds is 6. The Kier molecular flexibility index (Phi) is 4.76. The zero-order chi connectivity index (χ0) is 14.5. The molecular weight excluding hydrogens is 258 g/mol. The topological polar surface area (TPSA) is 84.2 Å². The summed E-state index contributed by atoms with van der Waals surface area (Å²) in [5.41, 5.74) is 2.32. The molecule has 0 bridgehead atoms. The van der Waals surface area contributed by atoms with Crippen LogP contribution in [0.25, 0.3) is 0 Å². The van der Waals surface area contributed by atoms with Crippen molar-refractivity contribution in [3.63, 3.8) is 0 Å². The summed E-state index contributed by atoms with van der Waals surface area (Å²) in [6.07, 6.45) is 6.52. The SMILES string of the molecule is Cn1ncc2c1CCCC2NC(=O)CCCCC(=O)O. The third-order valence-electron chi connectivity index (χ3n) is 3.76. The summed E-state index contributed by atoms with van der Waals surface area (Å²) in [5.74, 6) is -0.810. The van der Waals surface area contributed by atoms with Gasteiger partial charge in [-0.2, -0.15) is 5.10 Å². The van der Waals surface area contributed by atoms with E-state index in [1.165, 1.54) is 5.69 Å². The number of nitrogens with zero attached hydrogens (tertiary/aromatic N) is 2. The van der Waals surface area contributed by atoms with E-state index in [0.717, 1.165) is 24.8 Å². The number of carbonyl (C=O) groups excluding carboxylic acids is 1. The first-order valence-corrected chi connectivity index (χ1v) is 7.10. The first-order chi connectivity index (χ1) is 9.58. The zero-order valence-corrected chi connectivity index (χ0v) is 11.8. The number of aliphatic carboxylic acids is 1. The molecule has 6 nitrogen and oxygen atoms in total. The van der Waals surface area contributed by atoms with Gasteiger partial charge in [-0.3, -0.25) is 14.3 Å². The van der Waals surface area contributed by atoms with Crippen molar-refractivity contribution in [2.75, 3.05) is 0 Å². The number of aromatic nitrogens is 2. The van der Waals surface area contributed by atoms with E-state index in [2.05, 4.69) is 10.4 Å². The van der Waals surface area contributed by atoms with Crippen molar-refractivity contribution in [2.45, 2.75) is 51.0 Å². The fourth-order valence-electron chi connectivity index (χ4n) is 2.68. The Balaban J connectivity index is 1.82. The van der Waals surface area contributed by atoms with Gasteiger partial charge in [0.05, 0.1) is 12.2 Å². The van der Waals surface area contributed by atoms with Crippen molar-refractivity contribution in [1.82, 2.24) is 15.1 Å². The van der Waals surface area contributed by atoms with Crippen LogP contribution in [0.3, 0.4) is 0 Å². The van der Waals surface area contributed by atoms with Crippen LogP contribution >= 0.6 is 0 Å². The Morgan fingerprint density at radius 2 is 2.20 bits per heavy atom. The van der Waals surface area contributed by atoms with Crippen LogP contribution in [0.4, 0.5) is 0 Å². The van der Waals surface area contributed by atoms with E-state index in [-0.39, 0.29) is 18.4 Å². The van der Waals surface area contributed by atoms with Crippen LogP contribution in [-0.4, -0.2) is 26.8 Å². The van der Waals surface area contributed by atoms with Crippen molar-refractivity contribution in [1.29, 1.82) is 0 Å². The predicted molar refractivity (Wildman–Crippen MR) is 73.1 cm³/mol. The molecule has 6 heteroatoms. The molecule has 0 aromatic carbocycles. The number of aryl methyl sites for hydroxylation is 1. The molecule has 1 aromatic heterocycles. The van der Waals surface area contributed by atoms with Crippen LogP contribution in [-0.2, 0) is 23.1 Å². The number of carbonyl (C=O) groups is 2. The van der Waals surface area contributed by atoms with Crippen molar-refractivity contribution in [2.24, 2.45) is 7.05 Å². The third-order valence-corrected chi connectivity index (χ3v) is 3.76. The minimum Gasteiger partial charge on any atom is -0.481 e. The van der Waals surface area contributed by atoms with Gasteiger partial charge in [0.25, 0.3) is 0 Å². The summed E-state index contributed by atoms with van der Waals surface area (Å²) < 4.78 is 1.88. The predicted octanol–water partition coefficient (Wildman–Crippen LogP) is 1.56. The van der Waals surface area contributed by atoms with E-state index < -0.39 is 5.97 Å². The molecule has 1 aliphatic carbocycles. The molecule has 1 unspecified atom stereocenters. The molecule has 1 aliphatic rings. The minimum atomic E-state index is -0.808. The van der Waals surface area contributed by atoms with Gasteiger partial charge >= 0.3 is 5.97 Å². The Morgan fingerprint density at radius 3 is 2.95 bits per heavy atom. The van der Waals surface area contributed by atoms with E-state index in [1.54, 1.807) is 0 Å². The maximum Gasteiger partial charge on any atom is 0.303 e. The molecule has 1 atom stereocenters. The fraction of sp³-hybridized carbons (Fsp3) is 0.643. The van der Waals surface area contributed by atoms with E-state index in [0.29, 0.717) is 19.3 Å². The van der Waals surface area contributed by atoms with E-state index in [1.807, 2.05) is 17.9 Å². The van der Waals surface area contributed by atoms with Gasteiger partial charge < -0.3 is 10.4 Å². The van der Waals surface area contributed by atoms with Crippen molar-refractivity contribution < 1.29 is 14.7 Å². The molecule has 20 heavy (non-hydrogen) atoms. The van der Waals surface area contributed by atoms with Crippen molar-refractivity contribution in [3.05, 3.63) is 17.5 Å². The van der Waals surface area contributed by atoms with Crippen molar-refractivity contribution in [3.8, 4) is 0 Å². The van der Waals surface area contributed by atoms with E-state index in [4.69, 9.17) is 5.11 Å². The molecule has 0 radical (unpaired) electrons. The van der Waals surface area contributed by atoms with Gasteiger partial charge in [-0.1, -0.05) is 0 Å². The summed E-state index contributed by atoms with van der Waals surface area (Å²) >= 11 is 0. The highest BCUT2D eigenvalue weighted by Crippen LogP contribution is 2.29. The third kappa shape index (κ3) is 3.59. The minimum absolute atomic E-state index is 0.00269. The van der Waals surface area contributed by atoms with Gasteiger partial charge in [-0.15, -0.1) is 0 Å². The summed E-state index contributed by atoms with van der Waals surface area (Å²) in [5, 5.41) is 15.8. The lowest BCUT2D eigenvalue weighted by molar-refractivity contribution is -0.137. The van der Waals surface area contributed by atoms with Crippen LogP contribution in [0.1, 0.15) is 55.8 Å². The maximum atomic E-state index is 11.9. The van der Waals surface area contributed by atoms with Crippen LogP contribution in [0, 0.1) is 0 Å². The van der Waals surface area contributed by atoms with Crippen LogP contribution < -0.4 is 5.32 Å². The fourth-order valence-corrected chi connectivity index (χ4v) is 2.68. The highest BCUT2D eigenvalue weighted by atomic mass is 16.4. The van der Waals surface area contributed by atoms with Gasteiger partial charge in [0.1, 0.15) is 0 Å². The van der Waals surface area contributed by atoms with E-state index in [9.17, 15) is 9.59 Å². The Morgan fingerprint density at radius 1 is 1.45 bits per heavy atom. The lowest BCUT2D eigenvalue weighted by Gasteiger charge is -2.23. The molecule has 1 aromatic rings. The number of fused-ring (bicyclic) bond motifs is 1. The second-order valence-electron chi connectivity index (χ2n) is 5.28. The molecule has 0 saturated heterocycles. The largest absolute Gasteiger partial charge is 0.481 e. The number of carboxylic acid groups (broad SMARTS) is 1. The number of hydrogen-bond donors (Lipinski definition) is 2. The lowest BCUT2D eigenvalue weighted by Crippen LogP contribution is -2.30. The number of carboxylic acids is 1. The van der Waals surface area contributed by atoms with Gasteiger partial charge in [0, 0.05) is 31.1 Å². The first kappa shape index (κ1) is 14.6. The lowest BCUT2D eigenvalue weighted by atomic mass is 9.93. The number of unbranched alkanes of at least 4 members (excludes halogenated alkanes) is 1. The molecule has 1 amide bonds. The molecule has 0 aliphatic heterocycles. The molecule has 110 valence electrons. The molecule has 0 fully saturated rings. The second-order valence-corrected chi connectivity index (χ2v) is 5.28. The molecule has 2 N–H and O–H groups in total. The number of amides is 1. The monoisotopic (exact) mass is 279 g/mol. The summed E-state index contributed by atoms with van der Waals surface area (Å²) in [7, 11) is 1.93. The van der Waals surface area contributed by atoms with E-state index >= 15 is 0 Å². The average molecular weight is 279 g/mol. The quantitative estimate of drug-likeness (QED) is 0.774. The van der Waals surface area contributed by atoms with Crippen LogP contribution in [0.15, 0.2) is 6.20 Å². The standard InChI is InChI=1S/C14H21N3O3/c1-17-12-6-4-5-11(10(12)9-15-17)16-13(18)7-2-3-8-14(19)20/h9,11H,2-8H2,1H3,(H,16,18)(H,19,20). The summed E-state index contributed by atoms with van der Waals surface area (Å²) in [6, 6.07) is 0.0550. The van der Waals surface area contributed by atoms with Gasteiger partial charge in [0.2, 0.25) is 5.91 Å². The Labute approximate surface area is 118 Å². The maximum absolute atomic E-state index is 11.9. The first-order valence-electron chi connectivity index (χ1n) is 7.10. The average Bonchev–Trinajstić information content (AvgIpc) is 2.78. The van der Waals surface area contributed by atoms with Gasteiger partial charge in [-0.25, -0.2) is 0 Å².